The number of carbonyl (C=O) groups is 1. The summed E-state index contributed by atoms with van der Waals surface area (Å²) in [4.78, 5) is 11.9. The second-order valence-electron chi connectivity index (χ2n) is 6.47. The average Bonchev–Trinajstić information content (AvgIpc) is 3.06. The lowest BCUT2D eigenvalue weighted by molar-refractivity contribution is 0.0495. The first-order chi connectivity index (χ1) is 9.73. The SMILES string of the molecule is CC(C)(C)OC(=O)N[C@@H](Cc1cc(F)cc([SiH3])c1)[C@@H]1CO1. The van der Waals surface area contributed by atoms with Crippen LogP contribution in [0.15, 0.2) is 18.2 Å². The van der Waals surface area contributed by atoms with E-state index in [1.54, 1.807) is 6.07 Å². The number of epoxide rings is 1. The number of halogens is 1. The molecule has 0 saturated carbocycles. The molecule has 1 aromatic rings. The molecule has 2 rings (SSSR count). The van der Waals surface area contributed by atoms with E-state index in [0.29, 0.717) is 13.0 Å². The molecule has 116 valence electrons. The van der Waals surface area contributed by atoms with E-state index in [4.69, 9.17) is 9.47 Å². The molecule has 0 spiro atoms. The topological polar surface area (TPSA) is 50.9 Å². The number of amides is 1. The Hall–Kier alpha value is -1.40. The predicted molar refractivity (Wildman–Crippen MR) is 82.6 cm³/mol. The van der Waals surface area contributed by atoms with Gasteiger partial charge in [0, 0.05) is 10.2 Å². The van der Waals surface area contributed by atoms with Gasteiger partial charge in [0.25, 0.3) is 0 Å². The highest BCUT2D eigenvalue weighted by Crippen LogP contribution is 2.19. The molecule has 0 radical (unpaired) electrons. The highest BCUT2D eigenvalue weighted by Gasteiger charge is 2.35. The molecule has 1 amide bonds. The Morgan fingerprint density at radius 3 is 2.71 bits per heavy atom. The number of nitrogens with one attached hydrogen (secondary N) is 1. The van der Waals surface area contributed by atoms with Gasteiger partial charge in [-0.25, -0.2) is 9.18 Å². The van der Waals surface area contributed by atoms with E-state index in [0.717, 1.165) is 21.0 Å². The molecule has 1 saturated heterocycles. The third-order valence-electron chi connectivity index (χ3n) is 3.07. The van der Waals surface area contributed by atoms with Crippen molar-refractivity contribution in [1.82, 2.24) is 5.32 Å². The van der Waals surface area contributed by atoms with Gasteiger partial charge in [-0.2, -0.15) is 0 Å². The molecular weight excluding hydrogens is 289 g/mol. The van der Waals surface area contributed by atoms with Gasteiger partial charge >= 0.3 is 6.09 Å². The average molecular weight is 311 g/mol. The van der Waals surface area contributed by atoms with Crippen LogP contribution in [-0.2, 0) is 15.9 Å². The molecular formula is C15H22FNO3Si. The van der Waals surface area contributed by atoms with Gasteiger partial charge in [0.1, 0.15) is 17.5 Å². The van der Waals surface area contributed by atoms with Crippen LogP contribution in [0.3, 0.4) is 0 Å². The molecule has 21 heavy (non-hydrogen) atoms. The van der Waals surface area contributed by atoms with Gasteiger partial charge < -0.3 is 14.8 Å². The van der Waals surface area contributed by atoms with Crippen molar-refractivity contribution in [3.63, 3.8) is 0 Å². The highest BCUT2D eigenvalue weighted by molar-refractivity contribution is 6.32. The number of alkyl carbamates (subject to hydrolysis) is 1. The molecule has 1 heterocycles. The molecule has 2 atom stereocenters. The third-order valence-corrected chi connectivity index (χ3v) is 3.64. The van der Waals surface area contributed by atoms with Crippen molar-refractivity contribution in [2.24, 2.45) is 0 Å². The number of benzene rings is 1. The molecule has 0 aliphatic carbocycles. The maximum atomic E-state index is 13.5. The molecule has 0 aromatic heterocycles. The summed E-state index contributed by atoms with van der Waals surface area (Å²) in [7, 11) is 0.793. The molecule has 0 bridgehead atoms. The van der Waals surface area contributed by atoms with Crippen LogP contribution < -0.4 is 10.5 Å². The maximum absolute atomic E-state index is 13.5. The van der Waals surface area contributed by atoms with Gasteiger partial charge in [0.2, 0.25) is 0 Å². The maximum Gasteiger partial charge on any atom is 0.407 e. The number of carbonyl (C=O) groups excluding carboxylic acids is 1. The number of ether oxygens (including phenoxy) is 2. The van der Waals surface area contributed by atoms with Crippen LogP contribution in [0.1, 0.15) is 26.3 Å². The second-order valence-corrected chi connectivity index (χ2v) is 7.62. The zero-order valence-corrected chi connectivity index (χ0v) is 14.9. The van der Waals surface area contributed by atoms with E-state index in [9.17, 15) is 9.18 Å². The minimum absolute atomic E-state index is 0.0154. The number of hydrogen-bond donors (Lipinski definition) is 1. The summed E-state index contributed by atoms with van der Waals surface area (Å²) in [5.41, 5.74) is 0.330. The fourth-order valence-corrected chi connectivity index (χ4v) is 2.85. The van der Waals surface area contributed by atoms with Gasteiger partial charge in [-0.1, -0.05) is 11.3 Å². The fourth-order valence-electron chi connectivity index (χ4n) is 2.21. The van der Waals surface area contributed by atoms with Gasteiger partial charge in [0.15, 0.2) is 0 Å². The van der Waals surface area contributed by atoms with Crippen LogP contribution in [-0.4, -0.2) is 40.7 Å². The van der Waals surface area contributed by atoms with Crippen LogP contribution in [0, 0.1) is 5.82 Å². The summed E-state index contributed by atoms with van der Waals surface area (Å²) in [6, 6.07) is 4.83. The van der Waals surface area contributed by atoms with Crippen molar-refractivity contribution in [1.29, 1.82) is 0 Å². The largest absolute Gasteiger partial charge is 0.444 e. The Morgan fingerprint density at radius 1 is 1.52 bits per heavy atom. The molecule has 1 aliphatic rings. The summed E-state index contributed by atoms with van der Waals surface area (Å²) < 4.78 is 24.0. The van der Waals surface area contributed by atoms with E-state index >= 15 is 0 Å². The Morgan fingerprint density at radius 2 is 2.19 bits per heavy atom. The molecule has 6 heteroatoms. The quantitative estimate of drug-likeness (QED) is 0.656. The predicted octanol–water partition coefficient (Wildman–Crippen LogP) is 0.651. The summed E-state index contributed by atoms with van der Waals surface area (Å²) in [5.74, 6) is -0.231. The fraction of sp³-hybridized carbons (Fsp3) is 0.533. The third kappa shape index (κ3) is 5.47. The van der Waals surface area contributed by atoms with Crippen molar-refractivity contribution < 1.29 is 18.7 Å². The summed E-state index contributed by atoms with van der Waals surface area (Å²) in [6.07, 6.45) is 0.0560. The molecule has 4 nitrogen and oxygen atoms in total. The van der Waals surface area contributed by atoms with Crippen molar-refractivity contribution in [2.45, 2.75) is 44.9 Å². The summed E-state index contributed by atoms with van der Waals surface area (Å²) >= 11 is 0. The Balaban J connectivity index is 2.01. The zero-order chi connectivity index (χ0) is 15.6. The van der Waals surface area contributed by atoms with Crippen molar-refractivity contribution in [3.05, 3.63) is 29.6 Å². The first kappa shape index (κ1) is 16.0. The van der Waals surface area contributed by atoms with Gasteiger partial charge in [0.05, 0.1) is 12.6 Å². The standard InChI is InChI=1S/C15H22FNO3Si/c1-15(2,3)20-14(18)17-12(13-8-19-13)6-9-4-10(16)7-11(21)5-9/h4-5,7,12-13H,6,8H2,1-3,21H3,(H,17,18)/t12-,13-/m0/s1. The monoisotopic (exact) mass is 311 g/mol. The molecule has 1 aromatic carbocycles. The lowest BCUT2D eigenvalue weighted by Gasteiger charge is -2.23. The van der Waals surface area contributed by atoms with Crippen LogP contribution in [0.25, 0.3) is 0 Å². The van der Waals surface area contributed by atoms with Gasteiger partial charge in [-0.05, 0) is 44.9 Å². The summed E-state index contributed by atoms with van der Waals surface area (Å²) in [5, 5.41) is 3.82. The van der Waals surface area contributed by atoms with E-state index < -0.39 is 11.7 Å². The summed E-state index contributed by atoms with van der Waals surface area (Å²) in [6.45, 7) is 6.06. The first-order valence-electron chi connectivity index (χ1n) is 7.10. The smallest absolute Gasteiger partial charge is 0.407 e. The zero-order valence-electron chi connectivity index (χ0n) is 12.9. The molecule has 0 unspecified atom stereocenters. The van der Waals surface area contributed by atoms with Crippen molar-refractivity contribution >= 4 is 21.5 Å². The lowest BCUT2D eigenvalue weighted by atomic mass is 10.0. The Labute approximate surface area is 127 Å². The van der Waals surface area contributed by atoms with Gasteiger partial charge in [-0.15, -0.1) is 0 Å². The Bertz CT molecular complexity index is 506. The van der Waals surface area contributed by atoms with Crippen molar-refractivity contribution in [2.75, 3.05) is 6.61 Å². The Kier molecular flexibility index (Phi) is 4.68. The van der Waals surface area contributed by atoms with Crippen LogP contribution in [0.5, 0.6) is 0 Å². The van der Waals surface area contributed by atoms with E-state index in [1.807, 2.05) is 26.8 Å². The second kappa shape index (κ2) is 6.15. The van der Waals surface area contributed by atoms with Crippen molar-refractivity contribution in [3.8, 4) is 0 Å². The van der Waals surface area contributed by atoms with E-state index in [2.05, 4.69) is 5.32 Å². The van der Waals surface area contributed by atoms with E-state index in [1.165, 1.54) is 6.07 Å². The van der Waals surface area contributed by atoms with Crippen LogP contribution in [0.2, 0.25) is 0 Å². The van der Waals surface area contributed by atoms with Crippen LogP contribution in [0.4, 0.5) is 9.18 Å². The molecule has 1 fully saturated rings. The number of rotatable bonds is 4. The van der Waals surface area contributed by atoms with Crippen LogP contribution >= 0.6 is 0 Å². The molecule has 1 N–H and O–H groups in total. The van der Waals surface area contributed by atoms with Gasteiger partial charge in [-0.3, -0.25) is 0 Å². The molecule has 1 aliphatic heterocycles. The minimum atomic E-state index is -0.542. The first-order valence-corrected chi connectivity index (χ1v) is 8.10. The lowest BCUT2D eigenvalue weighted by Crippen LogP contribution is -2.43. The van der Waals surface area contributed by atoms with E-state index in [-0.39, 0.29) is 18.0 Å². The minimum Gasteiger partial charge on any atom is -0.444 e. The number of hydrogen-bond acceptors (Lipinski definition) is 3. The highest BCUT2D eigenvalue weighted by atomic mass is 28.1. The normalized spacial score (nSPS) is 19.1.